The number of amides is 1. The smallest absolute Gasteiger partial charge is 0.255 e. The van der Waals surface area contributed by atoms with Crippen molar-refractivity contribution in [3.63, 3.8) is 0 Å². The Hall–Kier alpha value is -1.89. The molecule has 2 aromatic carbocycles. The number of nitrogens with zero attached hydrogens (tertiary/aromatic N) is 2. The van der Waals surface area contributed by atoms with Crippen LogP contribution in [0.4, 0.5) is 0 Å². The highest BCUT2D eigenvalue weighted by atomic mass is 35.5. The molecule has 1 fully saturated rings. The Bertz CT molecular complexity index is 1020. The standard InChI is InChI=1S/C23H29ClN2O3S/c1-16-14-25(22(27)20-8-6-7-9-21(20)24)15-17(2)26(16)30(28,29)19-12-10-18(11-13-19)23(3,4)5/h6-13,16-17H,14-15H2,1-5H3/t16-,17+. The zero-order valence-electron chi connectivity index (χ0n) is 18.1. The average Bonchev–Trinajstić information content (AvgIpc) is 2.66. The molecule has 2 atom stereocenters. The van der Waals surface area contributed by atoms with Crippen molar-refractivity contribution in [3.05, 3.63) is 64.7 Å². The summed E-state index contributed by atoms with van der Waals surface area (Å²) >= 11 is 6.18. The molecule has 2 aromatic rings. The van der Waals surface area contributed by atoms with E-state index >= 15 is 0 Å². The van der Waals surface area contributed by atoms with E-state index in [9.17, 15) is 13.2 Å². The van der Waals surface area contributed by atoms with Crippen LogP contribution < -0.4 is 0 Å². The number of carbonyl (C=O) groups excluding carboxylic acids is 1. The summed E-state index contributed by atoms with van der Waals surface area (Å²) in [5.41, 5.74) is 1.47. The first kappa shape index (κ1) is 22.8. The molecule has 0 aromatic heterocycles. The molecule has 0 saturated carbocycles. The summed E-state index contributed by atoms with van der Waals surface area (Å²) in [6.07, 6.45) is 0. The predicted octanol–water partition coefficient (Wildman–Crippen LogP) is 4.56. The Labute approximate surface area is 184 Å². The molecule has 162 valence electrons. The third-order valence-corrected chi connectivity index (χ3v) is 8.00. The number of benzene rings is 2. The molecular weight excluding hydrogens is 420 g/mol. The molecule has 0 spiro atoms. The van der Waals surface area contributed by atoms with E-state index in [0.29, 0.717) is 23.7 Å². The van der Waals surface area contributed by atoms with Crippen LogP contribution in [0.5, 0.6) is 0 Å². The average molecular weight is 449 g/mol. The predicted molar refractivity (Wildman–Crippen MR) is 120 cm³/mol. The summed E-state index contributed by atoms with van der Waals surface area (Å²) in [5.74, 6) is -0.175. The van der Waals surface area contributed by atoms with E-state index < -0.39 is 10.0 Å². The minimum Gasteiger partial charge on any atom is -0.335 e. The first-order valence-electron chi connectivity index (χ1n) is 10.1. The van der Waals surface area contributed by atoms with Gasteiger partial charge in [0, 0.05) is 25.2 Å². The third-order valence-electron chi connectivity index (χ3n) is 5.53. The fourth-order valence-electron chi connectivity index (χ4n) is 4.00. The van der Waals surface area contributed by atoms with E-state index in [2.05, 4.69) is 20.8 Å². The van der Waals surface area contributed by atoms with Crippen molar-refractivity contribution in [2.75, 3.05) is 13.1 Å². The number of hydrogen-bond donors (Lipinski definition) is 0. The van der Waals surface area contributed by atoms with Crippen LogP contribution in [0.2, 0.25) is 5.02 Å². The summed E-state index contributed by atoms with van der Waals surface area (Å²) in [6.45, 7) is 10.6. The Morgan fingerprint density at radius 2 is 1.50 bits per heavy atom. The summed E-state index contributed by atoms with van der Waals surface area (Å²) in [6, 6.07) is 13.3. The van der Waals surface area contributed by atoms with Crippen molar-refractivity contribution >= 4 is 27.5 Å². The van der Waals surface area contributed by atoms with Crippen LogP contribution in [0.15, 0.2) is 53.4 Å². The van der Waals surface area contributed by atoms with E-state index in [1.54, 1.807) is 41.3 Å². The van der Waals surface area contributed by atoms with Gasteiger partial charge >= 0.3 is 0 Å². The summed E-state index contributed by atoms with van der Waals surface area (Å²) < 4.78 is 28.3. The number of sulfonamides is 1. The zero-order chi connectivity index (χ0) is 22.3. The molecule has 3 rings (SSSR count). The van der Waals surface area contributed by atoms with Crippen molar-refractivity contribution in [1.29, 1.82) is 0 Å². The molecule has 0 N–H and O–H groups in total. The van der Waals surface area contributed by atoms with Gasteiger partial charge in [-0.2, -0.15) is 4.31 Å². The van der Waals surface area contributed by atoms with Gasteiger partial charge in [0.2, 0.25) is 10.0 Å². The largest absolute Gasteiger partial charge is 0.335 e. The van der Waals surface area contributed by atoms with E-state index in [0.717, 1.165) is 5.56 Å². The number of halogens is 1. The van der Waals surface area contributed by atoms with Gasteiger partial charge in [-0.15, -0.1) is 0 Å². The lowest BCUT2D eigenvalue weighted by Crippen LogP contribution is -2.59. The maximum Gasteiger partial charge on any atom is 0.255 e. The van der Waals surface area contributed by atoms with Gasteiger partial charge in [-0.3, -0.25) is 4.79 Å². The van der Waals surface area contributed by atoms with Crippen molar-refractivity contribution in [2.24, 2.45) is 0 Å². The van der Waals surface area contributed by atoms with Crippen LogP contribution >= 0.6 is 11.6 Å². The number of hydrogen-bond acceptors (Lipinski definition) is 3. The molecule has 7 heteroatoms. The van der Waals surface area contributed by atoms with Gasteiger partial charge in [0.1, 0.15) is 0 Å². The zero-order valence-corrected chi connectivity index (χ0v) is 19.7. The van der Waals surface area contributed by atoms with Gasteiger partial charge in [0.05, 0.1) is 15.5 Å². The highest BCUT2D eigenvalue weighted by Crippen LogP contribution is 2.29. The van der Waals surface area contributed by atoms with Crippen molar-refractivity contribution < 1.29 is 13.2 Å². The Morgan fingerprint density at radius 1 is 0.967 bits per heavy atom. The fourth-order valence-corrected chi connectivity index (χ4v) is 6.02. The van der Waals surface area contributed by atoms with Crippen molar-refractivity contribution in [1.82, 2.24) is 9.21 Å². The van der Waals surface area contributed by atoms with Gasteiger partial charge in [-0.1, -0.05) is 56.6 Å². The lowest BCUT2D eigenvalue weighted by Gasteiger charge is -2.43. The van der Waals surface area contributed by atoms with Crippen LogP contribution in [0, 0.1) is 0 Å². The number of carbonyl (C=O) groups is 1. The van der Waals surface area contributed by atoms with Gasteiger partial charge < -0.3 is 4.90 Å². The quantitative estimate of drug-likeness (QED) is 0.691. The minimum absolute atomic E-state index is 0.0480. The summed E-state index contributed by atoms with van der Waals surface area (Å²) in [5, 5.41) is 0.400. The molecule has 0 radical (unpaired) electrons. The van der Waals surface area contributed by atoms with E-state index in [4.69, 9.17) is 11.6 Å². The van der Waals surface area contributed by atoms with Gasteiger partial charge in [0.25, 0.3) is 5.91 Å². The molecule has 0 unspecified atom stereocenters. The second kappa shape index (κ2) is 8.33. The van der Waals surface area contributed by atoms with Crippen molar-refractivity contribution in [2.45, 2.75) is 57.0 Å². The highest BCUT2D eigenvalue weighted by molar-refractivity contribution is 7.89. The molecule has 0 aliphatic carbocycles. The molecular formula is C23H29ClN2O3S. The first-order valence-corrected chi connectivity index (χ1v) is 11.9. The van der Waals surface area contributed by atoms with Crippen LogP contribution in [-0.2, 0) is 15.4 Å². The monoisotopic (exact) mass is 448 g/mol. The molecule has 0 bridgehead atoms. The Morgan fingerprint density at radius 3 is 2.00 bits per heavy atom. The second-order valence-electron chi connectivity index (χ2n) is 9.00. The summed E-state index contributed by atoms with van der Waals surface area (Å²) in [4.78, 5) is 14.9. The molecule has 1 aliphatic heterocycles. The lowest BCUT2D eigenvalue weighted by atomic mass is 9.87. The van der Waals surface area contributed by atoms with Crippen LogP contribution in [0.1, 0.15) is 50.5 Å². The summed E-state index contributed by atoms with van der Waals surface area (Å²) in [7, 11) is -3.68. The van der Waals surface area contributed by atoms with Crippen LogP contribution in [0.25, 0.3) is 0 Å². The Kier molecular flexibility index (Phi) is 6.33. The number of piperazine rings is 1. The molecule has 1 aliphatic rings. The van der Waals surface area contributed by atoms with Crippen molar-refractivity contribution in [3.8, 4) is 0 Å². The third kappa shape index (κ3) is 4.41. The number of rotatable bonds is 3. The fraction of sp³-hybridized carbons (Fsp3) is 0.435. The van der Waals surface area contributed by atoms with Gasteiger partial charge in [-0.05, 0) is 49.1 Å². The SMILES string of the molecule is C[C@@H]1CN(C(=O)c2ccccc2Cl)C[C@H](C)N1S(=O)(=O)c1ccc(C(C)(C)C)cc1. The van der Waals surface area contributed by atoms with Crippen LogP contribution in [-0.4, -0.2) is 48.7 Å². The van der Waals surface area contributed by atoms with E-state index in [1.165, 1.54) is 4.31 Å². The molecule has 1 saturated heterocycles. The molecule has 1 heterocycles. The molecule has 1 amide bonds. The molecule has 5 nitrogen and oxygen atoms in total. The van der Waals surface area contributed by atoms with Crippen LogP contribution in [0.3, 0.4) is 0 Å². The first-order chi connectivity index (χ1) is 13.9. The molecule has 30 heavy (non-hydrogen) atoms. The Balaban J connectivity index is 1.83. The minimum atomic E-state index is -3.68. The van der Waals surface area contributed by atoms with E-state index in [-0.39, 0.29) is 28.3 Å². The highest BCUT2D eigenvalue weighted by Gasteiger charge is 2.40. The lowest BCUT2D eigenvalue weighted by molar-refractivity contribution is 0.0554. The maximum atomic E-state index is 13.4. The normalized spacial score (nSPS) is 20.9. The van der Waals surface area contributed by atoms with Gasteiger partial charge in [0.15, 0.2) is 0 Å². The van der Waals surface area contributed by atoms with Gasteiger partial charge in [-0.25, -0.2) is 8.42 Å². The second-order valence-corrected chi connectivity index (χ2v) is 11.2. The van der Waals surface area contributed by atoms with E-state index in [1.807, 2.05) is 26.0 Å². The topological polar surface area (TPSA) is 57.7 Å². The maximum absolute atomic E-state index is 13.4.